The van der Waals surface area contributed by atoms with Gasteiger partial charge in [0.15, 0.2) is 0 Å². The summed E-state index contributed by atoms with van der Waals surface area (Å²) >= 11 is 0. The number of ether oxygens (including phenoxy) is 2. The lowest BCUT2D eigenvalue weighted by atomic mass is 10.1. The van der Waals surface area contributed by atoms with Gasteiger partial charge in [-0.15, -0.1) is 0 Å². The Bertz CT molecular complexity index is 1190. The number of hydrogen-bond donors (Lipinski definition) is 1. The molecule has 1 aromatic heterocycles. The SMILES string of the molecule is N#Cc1ccc(OCCCN2CC3CN(Cc4n[nH]c(=O)c5ccccc45)CC(C2)O3)cc1. The van der Waals surface area contributed by atoms with Gasteiger partial charge in [-0.1, -0.05) is 18.2 Å². The maximum Gasteiger partial charge on any atom is 0.272 e. The van der Waals surface area contributed by atoms with Crippen molar-refractivity contribution in [3.05, 3.63) is 70.1 Å². The lowest BCUT2D eigenvalue weighted by Crippen LogP contribution is -2.59. The Hall–Kier alpha value is -3.25. The van der Waals surface area contributed by atoms with Crippen LogP contribution in [0.15, 0.2) is 53.3 Å². The molecular formula is C25H27N5O3. The number of nitrogens with one attached hydrogen (secondary N) is 1. The zero-order valence-electron chi connectivity index (χ0n) is 18.4. The molecule has 0 saturated carbocycles. The number of rotatable bonds is 7. The van der Waals surface area contributed by atoms with Gasteiger partial charge in [-0.05, 0) is 36.8 Å². The maximum absolute atomic E-state index is 12.1. The first-order valence-corrected chi connectivity index (χ1v) is 11.4. The van der Waals surface area contributed by atoms with Crippen LogP contribution in [0.1, 0.15) is 17.7 Å². The van der Waals surface area contributed by atoms with Gasteiger partial charge in [-0.25, -0.2) is 5.10 Å². The first-order valence-electron chi connectivity index (χ1n) is 11.4. The van der Waals surface area contributed by atoms with Gasteiger partial charge >= 0.3 is 0 Å². The van der Waals surface area contributed by atoms with E-state index < -0.39 is 0 Å². The van der Waals surface area contributed by atoms with Crippen LogP contribution in [0.2, 0.25) is 0 Å². The average Bonchev–Trinajstić information content (AvgIpc) is 2.84. The predicted molar refractivity (Wildman–Crippen MR) is 124 cm³/mol. The van der Waals surface area contributed by atoms with E-state index in [0.717, 1.165) is 56.0 Å². The van der Waals surface area contributed by atoms with Crippen molar-refractivity contribution < 1.29 is 9.47 Å². The fraction of sp³-hybridized carbons (Fsp3) is 0.400. The van der Waals surface area contributed by atoms with Gasteiger partial charge in [0.05, 0.1) is 41.5 Å². The molecule has 2 bridgehead atoms. The van der Waals surface area contributed by atoms with Gasteiger partial charge in [0.2, 0.25) is 0 Å². The van der Waals surface area contributed by atoms with E-state index in [1.807, 2.05) is 36.4 Å². The second-order valence-electron chi connectivity index (χ2n) is 8.72. The Morgan fingerprint density at radius 2 is 1.73 bits per heavy atom. The number of benzene rings is 2. The summed E-state index contributed by atoms with van der Waals surface area (Å²) in [6.07, 6.45) is 1.29. The Balaban J connectivity index is 1.11. The fourth-order valence-electron chi connectivity index (χ4n) is 4.78. The van der Waals surface area contributed by atoms with Gasteiger partial charge in [0.25, 0.3) is 5.56 Å². The quantitative estimate of drug-likeness (QED) is 0.557. The van der Waals surface area contributed by atoms with Gasteiger partial charge in [0.1, 0.15) is 5.75 Å². The van der Waals surface area contributed by atoms with E-state index in [1.54, 1.807) is 12.1 Å². The third-order valence-corrected chi connectivity index (χ3v) is 6.25. The minimum absolute atomic E-state index is 0.146. The summed E-state index contributed by atoms with van der Waals surface area (Å²) in [6, 6.07) is 17.0. The molecule has 170 valence electrons. The minimum Gasteiger partial charge on any atom is -0.494 e. The van der Waals surface area contributed by atoms with Crippen LogP contribution < -0.4 is 10.3 Å². The van der Waals surface area contributed by atoms with E-state index in [1.165, 1.54) is 0 Å². The topological polar surface area (TPSA) is 94.5 Å². The predicted octanol–water partition coefficient (Wildman–Crippen LogP) is 2.15. The molecule has 33 heavy (non-hydrogen) atoms. The molecule has 2 aromatic carbocycles. The van der Waals surface area contributed by atoms with E-state index >= 15 is 0 Å². The largest absolute Gasteiger partial charge is 0.494 e. The third-order valence-electron chi connectivity index (χ3n) is 6.25. The van der Waals surface area contributed by atoms with Crippen LogP contribution in [0.5, 0.6) is 5.75 Å². The van der Waals surface area contributed by atoms with Crippen LogP contribution in [-0.4, -0.2) is 71.5 Å². The number of nitrogens with zero attached hydrogens (tertiary/aromatic N) is 4. The second-order valence-corrected chi connectivity index (χ2v) is 8.72. The molecule has 2 saturated heterocycles. The zero-order valence-corrected chi connectivity index (χ0v) is 18.4. The Morgan fingerprint density at radius 3 is 2.45 bits per heavy atom. The summed E-state index contributed by atoms with van der Waals surface area (Å²) in [5, 5.41) is 17.4. The maximum atomic E-state index is 12.1. The molecule has 0 amide bonds. The van der Waals surface area contributed by atoms with Crippen molar-refractivity contribution >= 4 is 10.8 Å². The summed E-state index contributed by atoms with van der Waals surface area (Å²) in [7, 11) is 0. The Labute approximate surface area is 192 Å². The van der Waals surface area contributed by atoms with Gasteiger partial charge in [0, 0.05) is 44.7 Å². The number of fused-ring (bicyclic) bond motifs is 3. The van der Waals surface area contributed by atoms with Crippen molar-refractivity contribution in [1.29, 1.82) is 5.26 Å². The first-order chi connectivity index (χ1) is 16.2. The number of morpholine rings is 2. The molecule has 0 aliphatic carbocycles. The van der Waals surface area contributed by atoms with Crippen molar-refractivity contribution in [2.75, 3.05) is 39.3 Å². The van der Waals surface area contributed by atoms with Crippen LogP contribution in [0.3, 0.4) is 0 Å². The highest BCUT2D eigenvalue weighted by Crippen LogP contribution is 2.22. The number of hydrogen-bond acceptors (Lipinski definition) is 7. The average molecular weight is 446 g/mol. The summed E-state index contributed by atoms with van der Waals surface area (Å²) in [5.41, 5.74) is 1.40. The van der Waals surface area contributed by atoms with Crippen LogP contribution in [0.25, 0.3) is 10.8 Å². The molecule has 0 radical (unpaired) electrons. The lowest BCUT2D eigenvalue weighted by Gasteiger charge is -2.45. The lowest BCUT2D eigenvalue weighted by molar-refractivity contribution is -0.140. The summed E-state index contributed by atoms with van der Waals surface area (Å²) in [4.78, 5) is 16.9. The summed E-state index contributed by atoms with van der Waals surface area (Å²) in [6.45, 7) is 5.83. The molecule has 8 nitrogen and oxygen atoms in total. The molecule has 3 heterocycles. The standard InChI is InChI=1S/C25H27N5O3/c26-12-18-6-8-19(9-7-18)32-11-3-10-29-13-20-15-30(16-21(14-29)33-20)17-24-22-4-1-2-5-23(22)25(31)28-27-24/h1-2,4-9,20-21H,3,10-11,13-17H2,(H,28,31). The van der Waals surface area contributed by atoms with Crippen molar-refractivity contribution in [3.8, 4) is 11.8 Å². The number of H-pyrrole nitrogens is 1. The summed E-state index contributed by atoms with van der Waals surface area (Å²) in [5.74, 6) is 0.798. The Morgan fingerprint density at radius 1 is 1.03 bits per heavy atom. The first kappa shape index (κ1) is 21.6. The van der Waals surface area contributed by atoms with Crippen LogP contribution in [0.4, 0.5) is 0 Å². The number of aromatic amines is 1. The molecule has 0 spiro atoms. The fourth-order valence-corrected chi connectivity index (χ4v) is 4.78. The molecule has 2 atom stereocenters. The highest BCUT2D eigenvalue weighted by Gasteiger charge is 2.34. The number of aromatic nitrogens is 2. The van der Waals surface area contributed by atoms with Gasteiger partial charge < -0.3 is 9.47 Å². The van der Waals surface area contributed by atoms with E-state index in [2.05, 4.69) is 26.1 Å². The molecule has 2 unspecified atom stereocenters. The smallest absolute Gasteiger partial charge is 0.272 e. The second kappa shape index (κ2) is 9.71. The molecule has 3 aromatic rings. The monoisotopic (exact) mass is 445 g/mol. The molecule has 2 aliphatic heterocycles. The molecule has 2 fully saturated rings. The van der Waals surface area contributed by atoms with Crippen molar-refractivity contribution in [3.63, 3.8) is 0 Å². The molecule has 5 rings (SSSR count). The molecule has 8 heteroatoms. The van der Waals surface area contributed by atoms with Crippen LogP contribution in [-0.2, 0) is 11.3 Å². The molecular weight excluding hydrogens is 418 g/mol. The minimum atomic E-state index is -0.146. The molecule has 2 aliphatic rings. The van der Waals surface area contributed by atoms with Crippen molar-refractivity contribution in [2.24, 2.45) is 0 Å². The highest BCUT2D eigenvalue weighted by molar-refractivity contribution is 5.83. The van der Waals surface area contributed by atoms with E-state index in [4.69, 9.17) is 14.7 Å². The summed E-state index contributed by atoms with van der Waals surface area (Å²) < 4.78 is 12.0. The third kappa shape index (κ3) is 5.06. The molecule has 1 N–H and O–H groups in total. The number of nitriles is 1. The van der Waals surface area contributed by atoms with Crippen molar-refractivity contribution in [1.82, 2.24) is 20.0 Å². The van der Waals surface area contributed by atoms with Gasteiger partial charge in [-0.2, -0.15) is 10.4 Å². The zero-order chi connectivity index (χ0) is 22.6. The van der Waals surface area contributed by atoms with E-state index in [-0.39, 0.29) is 17.8 Å². The highest BCUT2D eigenvalue weighted by atomic mass is 16.5. The normalized spacial score (nSPS) is 21.1. The van der Waals surface area contributed by atoms with E-state index in [9.17, 15) is 4.79 Å². The van der Waals surface area contributed by atoms with Crippen LogP contribution in [0, 0.1) is 11.3 Å². The van der Waals surface area contributed by atoms with Gasteiger partial charge in [-0.3, -0.25) is 14.6 Å². The van der Waals surface area contributed by atoms with Crippen molar-refractivity contribution in [2.45, 2.75) is 25.2 Å². The van der Waals surface area contributed by atoms with Crippen LogP contribution >= 0.6 is 0 Å². The Kier molecular flexibility index (Phi) is 6.35. The van der Waals surface area contributed by atoms with E-state index in [0.29, 0.717) is 24.1 Å².